The van der Waals surface area contributed by atoms with Crippen molar-refractivity contribution in [1.29, 1.82) is 0 Å². The number of rotatable bonds is 6. The number of nitrogens with zero attached hydrogens (tertiary/aromatic N) is 1. The first-order valence-electron chi connectivity index (χ1n) is 5.89. The molecule has 0 radical (unpaired) electrons. The standard InChI is InChI=1S/C13H15Cl2N3O/c1-19-5-4-16-7-9-8-17-18-13(9)11-6-10(14)2-3-12(11)15/h2-3,6,8,16H,4-5,7H2,1H3,(H,17,18). The summed E-state index contributed by atoms with van der Waals surface area (Å²) in [7, 11) is 1.68. The smallest absolute Gasteiger partial charge is 0.0710 e. The third-order valence-electron chi connectivity index (χ3n) is 2.71. The van der Waals surface area contributed by atoms with Gasteiger partial charge in [0.2, 0.25) is 0 Å². The maximum absolute atomic E-state index is 6.20. The molecule has 0 aliphatic heterocycles. The molecule has 1 aromatic carbocycles. The summed E-state index contributed by atoms with van der Waals surface area (Å²) in [6, 6.07) is 5.37. The molecule has 0 amide bonds. The van der Waals surface area contributed by atoms with Gasteiger partial charge in [0, 0.05) is 36.3 Å². The molecule has 0 saturated heterocycles. The zero-order valence-electron chi connectivity index (χ0n) is 10.5. The van der Waals surface area contributed by atoms with Gasteiger partial charge in [0.25, 0.3) is 0 Å². The van der Waals surface area contributed by atoms with Gasteiger partial charge in [-0.1, -0.05) is 23.2 Å². The van der Waals surface area contributed by atoms with Crippen molar-refractivity contribution in [3.8, 4) is 11.3 Å². The van der Waals surface area contributed by atoms with E-state index in [9.17, 15) is 0 Å². The first kappa shape index (κ1) is 14.3. The van der Waals surface area contributed by atoms with Crippen LogP contribution in [0, 0.1) is 0 Å². The first-order chi connectivity index (χ1) is 9.22. The van der Waals surface area contributed by atoms with Crippen molar-refractivity contribution < 1.29 is 4.74 Å². The molecule has 0 fully saturated rings. The van der Waals surface area contributed by atoms with E-state index >= 15 is 0 Å². The van der Waals surface area contributed by atoms with Crippen LogP contribution in [0.3, 0.4) is 0 Å². The number of hydrogen-bond donors (Lipinski definition) is 2. The van der Waals surface area contributed by atoms with Crippen molar-refractivity contribution in [1.82, 2.24) is 15.5 Å². The van der Waals surface area contributed by atoms with Gasteiger partial charge in [-0.3, -0.25) is 5.10 Å². The predicted molar refractivity (Wildman–Crippen MR) is 77.6 cm³/mol. The van der Waals surface area contributed by atoms with E-state index in [1.807, 2.05) is 6.07 Å². The highest BCUT2D eigenvalue weighted by Crippen LogP contribution is 2.31. The molecule has 0 saturated carbocycles. The molecule has 1 aromatic heterocycles. The number of methoxy groups -OCH3 is 1. The summed E-state index contributed by atoms with van der Waals surface area (Å²) < 4.78 is 4.99. The molecule has 2 N–H and O–H groups in total. The molecule has 19 heavy (non-hydrogen) atoms. The number of ether oxygens (including phenoxy) is 1. The lowest BCUT2D eigenvalue weighted by Gasteiger charge is -2.07. The predicted octanol–water partition coefficient (Wildman–Crippen LogP) is 3.12. The Morgan fingerprint density at radius 1 is 1.37 bits per heavy atom. The Morgan fingerprint density at radius 2 is 2.21 bits per heavy atom. The summed E-state index contributed by atoms with van der Waals surface area (Å²) in [5.74, 6) is 0. The van der Waals surface area contributed by atoms with E-state index in [-0.39, 0.29) is 0 Å². The minimum atomic E-state index is 0.645. The number of hydrogen-bond acceptors (Lipinski definition) is 3. The second kappa shape index (κ2) is 6.91. The zero-order valence-corrected chi connectivity index (χ0v) is 12.1. The Hall–Kier alpha value is -1.07. The molecular weight excluding hydrogens is 285 g/mol. The average Bonchev–Trinajstić information content (AvgIpc) is 2.86. The molecule has 0 bridgehead atoms. The number of halogens is 2. The van der Waals surface area contributed by atoms with E-state index in [4.69, 9.17) is 27.9 Å². The lowest BCUT2D eigenvalue weighted by Crippen LogP contribution is -2.18. The van der Waals surface area contributed by atoms with E-state index in [1.54, 1.807) is 25.4 Å². The van der Waals surface area contributed by atoms with E-state index in [0.717, 1.165) is 23.4 Å². The summed E-state index contributed by atoms with van der Waals surface area (Å²) in [5, 5.41) is 11.6. The quantitative estimate of drug-likeness (QED) is 0.806. The van der Waals surface area contributed by atoms with Crippen LogP contribution in [0.15, 0.2) is 24.4 Å². The van der Waals surface area contributed by atoms with E-state index in [2.05, 4.69) is 15.5 Å². The second-order valence-corrected chi connectivity index (χ2v) is 4.91. The molecule has 0 aliphatic rings. The molecule has 0 aliphatic carbocycles. The van der Waals surface area contributed by atoms with E-state index in [0.29, 0.717) is 23.2 Å². The Morgan fingerprint density at radius 3 is 3.00 bits per heavy atom. The van der Waals surface area contributed by atoms with Crippen LogP contribution < -0.4 is 5.32 Å². The molecule has 1 heterocycles. The third-order valence-corrected chi connectivity index (χ3v) is 3.28. The number of aromatic nitrogens is 2. The van der Waals surface area contributed by atoms with Gasteiger partial charge in [0.1, 0.15) is 0 Å². The van der Waals surface area contributed by atoms with Crippen LogP contribution in [-0.2, 0) is 11.3 Å². The highest BCUT2D eigenvalue weighted by molar-refractivity contribution is 6.35. The summed E-state index contributed by atoms with van der Waals surface area (Å²) >= 11 is 12.2. The van der Waals surface area contributed by atoms with Gasteiger partial charge >= 0.3 is 0 Å². The molecule has 0 spiro atoms. The maximum atomic E-state index is 6.20. The molecule has 2 rings (SSSR count). The van der Waals surface area contributed by atoms with E-state index < -0.39 is 0 Å². The van der Waals surface area contributed by atoms with E-state index in [1.165, 1.54) is 0 Å². The molecule has 2 aromatic rings. The largest absolute Gasteiger partial charge is 0.383 e. The van der Waals surface area contributed by atoms with Crippen molar-refractivity contribution in [2.45, 2.75) is 6.54 Å². The molecular formula is C13H15Cl2N3O. The van der Waals surface area contributed by atoms with Crippen molar-refractivity contribution >= 4 is 23.2 Å². The Bertz CT molecular complexity index is 542. The van der Waals surface area contributed by atoms with Gasteiger partial charge in [-0.15, -0.1) is 0 Å². The summed E-state index contributed by atoms with van der Waals surface area (Å²) in [6.07, 6.45) is 1.78. The van der Waals surface area contributed by atoms with Gasteiger partial charge < -0.3 is 10.1 Å². The minimum absolute atomic E-state index is 0.645. The molecule has 0 atom stereocenters. The van der Waals surface area contributed by atoms with Crippen LogP contribution in [0.5, 0.6) is 0 Å². The van der Waals surface area contributed by atoms with Crippen LogP contribution in [0.4, 0.5) is 0 Å². The zero-order chi connectivity index (χ0) is 13.7. The summed E-state index contributed by atoms with van der Waals surface area (Å²) in [5.41, 5.74) is 2.79. The number of H-pyrrole nitrogens is 1. The normalized spacial score (nSPS) is 10.9. The van der Waals surface area contributed by atoms with Gasteiger partial charge in [0.15, 0.2) is 0 Å². The van der Waals surface area contributed by atoms with Crippen molar-refractivity contribution in [2.75, 3.05) is 20.3 Å². The lowest BCUT2D eigenvalue weighted by molar-refractivity contribution is 0.199. The third kappa shape index (κ3) is 3.70. The fourth-order valence-electron chi connectivity index (χ4n) is 1.76. The SMILES string of the molecule is COCCNCc1cn[nH]c1-c1cc(Cl)ccc1Cl. The second-order valence-electron chi connectivity index (χ2n) is 4.06. The monoisotopic (exact) mass is 299 g/mol. The number of benzene rings is 1. The van der Waals surface area contributed by atoms with Crippen LogP contribution >= 0.6 is 23.2 Å². The van der Waals surface area contributed by atoms with Gasteiger partial charge in [-0.25, -0.2) is 0 Å². The molecule has 0 unspecified atom stereocenters. The Labute approximate surface area is 122 Å². The number of nitrogens with one attached hydrogen (secondary N) is 2. The Kier molecular flexibility index (Phi) is 5.22. The first-order valence-corrected chi connectivity index (χ1v) is 6.65. The van der Waals surface area contributed by atoms with Gasteiger partial charge in [0.05, 0.1) is 23.5 Å². The number of aromatic amines is 1. The van der Waals surface area contributed by atoms with Crippen LogP contribution in [0.2, 0.25) is 10.0 Å². The van der Waals surface area contributed by atoms with Gasteiger partial charge in [-0.05, 0) is 18.2 Å². The summed E-state index contributed by atoms with van der Waals surface area (Å²) in [4.78, 5) is 0. The molecule has 102 valence electrons. The summed E-state index contributed by atoms with van der Waals surface area (Å²) in [6.45, 7) is 2.15. The van der Waals surface area contributed by atoms with Crippen LogP contribution in [0.1, 0.15) is 5.56 Å². The van der Waals surface area contributed by atoms with Gasteiger partial charge in [-0.2, -0.15) is 5.10 Å². The molecule has 4 nitrogen and oxygen atoms in total. The molecule has 6 heteroatoms. The topological polar surface area (TPSA) is 49.9 Å². The average molecular weight is 300 g/mol. The Balaban J connectivity index is 2.16. The maximum Gasteiger partial charge on any atom is 0.0710 e. The van der Waals surface area contributed by atoms with Crippen molar-refractivity contribution in [3.05, 3.63) is 40.0 Å². The highest BCUT2D eigenvalue weighted by Gasteiger charge is 2.11. The van der Waals surface area contributed by atoms with Crippen molar-refractivity contribution in [3.63, 3.8) is 0 Å². The fraction of sp³-hybridized carbons (Fsp3) is 0.308. The lowest BCUT2D eigenvalue weighted by atomic mass is 10.1. The van der Waals surface area contributed by atoms with Crippen LogP contribution in [0.25, 0.3) is 11.3 Å². The van der Waals surface area contributed by atoms with Crippen molar-refractivity contribution in [2.24, 2.45) is 0 Å². The van der Waals surface area contributed by atoms with Crippen LogP contribution in [-0.4, -0.2) is 30.5 Å². The minimum Gasteiger partial charge on any atom is -0.383 e. The fourth-order valence-corrected chi connectivity index (χ4v) is 2.15. The highest BCUT2D eigenvalue weighted by atomic mass is 35.5.